The fourth-order valence-corrected chi connectivity index (χ4v) is 7.82. The van der Waals surface area contributed by atoms with Crippen molar-refractivity contribution in [1.29, 1.82) is 0 Å². The van der Waals surface area contributed by atoms with Crippen LogP contribution in [0.4, 0.5) is 5.95 Å². The van der Waals surface area contributed by atoms with Crippen LogP contribution in [0.15, 0.2) is 21.0 Å². The molecule has 4 rings (SSSR count). The molecule has 222 valence electrons. The SMILES string of the molecule is CCCC(=NC)c1nc(N(CC2CCCCC2)CC2CCN(S(=O)(=O)c3cnc(C)n3C)CC2)[nH]c(=O)c1CC. The Balaban J connectivity index is 1.56. The second kappa shape index (κ2) is 13.4. The van der Waals surface area contributed by atoms with Crippen molar-refractivity contribution < 1.29 is 8.42 Å². The Labute approximate surface area is 239 Å². The first-order chi connectivity index (χ1) is 19.2. The molecule has 1 saturated heterocycles. The number of sulfonamides is 1. The van der Waals surface area contributed by atoms with E-state index < -0.39 is 10.0 Å². The Morgan fingerprint density at radius 3 is 2.30 bits per heavy atom. The summed E-state index contributed by atoms with van der Waals surface area (Å²) < 4.78 is 29.8. The van der Waals surface area contributed by atoms with Crippen molar-refractivity contribution in [2.45, 2.75) is 90.0 Å². The number of H-pyrrole nitrogens is 1. The zero-order valence-corrected chi connectivity index (χ0v) is 25.8. The highest BCUT2D eigenvalue weighted by Crippen LogP contribution is 2.29. The lowest BCUT2D eigenvalue weighted by molar-refractivity contribution is 0.268. The molecule has 1 aliphatic carbocycles. The first-order valence-electron chi connectivity index (χ1n) is 15.0. The molecule has 1 aliphatic heterocycles. The number of imidazole rings is 1. The molecule has 0 radical (unpaired) electrons. The van der Waals surface area contributed by atoms with Gasteiger partial charge < -0.3 is 9.47 Å². The highest BCUT2D eigenvalue weighted by molar-refractivity contribution is 7.89. The maximum Gasteiger partial charge on any atom is 0.260 e. The summed E-state index contributed by atoms with van der Waals surface area (Å²) >= 11 is 0. The number of aliphatic imine (C=N–C) groups is 1. The summed E-state index contributed by atoms with van der Waals surface area (Å²) in [5, 5.41) is 0.244. The molecule has 3 heterocycles. The molecule has 0 bridgehead atoms. The number of anilines is 1. The normalized spacial score (nSPS) is 18.4. The molecular weight excluding hydrogens is 526 g/mol. The molecule has 0 spiro atoms. The fourth-order valence-electron chi connectivity index (χ4n) is 6.20. The van der Waals surface area contributed by atoms with Crippen LogP contribution in [0.3, 0.4) is 0 Å². The number of rotatable bonds is 11. The monoisotopic (exact) mass is 573 g/mol. The molecule has 2 fully saturated rings. The third-order valence-electron chi connectivity index (χ3n) is 8.72. The van der Waals surface area contributed by atoms with Gasteiger partial charge in [-0.15, -0.1) is 0 Å². The molecule has 1 saturated carbocycles. The van der Waals surface area contributed by atoms with Gasteiger partial charge in [-0.2, -0.15) is 4.31 Å². The molecule has 0 aromatic carbocycles. The van der Waals surface area contributed by atoms with Crippen LogP contribution < -0.4 is 10.5 Å². The van der Waals surface area contributed by atoms with Crippen molar-refractivity contribution in [3.05, 3.63) is 33.6 Å². The Kier molecular flexibility index (Phi) is 10.2. The smallest absolute Gasteiger partial charge is 0.260 e. The van der Waals surface area contributed by atoms with Gasteiger partial charge in [-0.05, 0) is 57.3 Å². The van der Waals surface area contributed by atoms with Crippen LogP contribution >= 0.6 is 0 Å². The van der Waals surface area contributed by atoms with E-state index in [-0.39, 0.29) is 10.6 Å². The van der Waals surface area contributed by atoms with Gasteiger partial charge in [0.15, 0.2) is 5.03 Å². The van der Waals surface area contributed by atoms with E-state index >= 15 is 0 Å². The van der Waals surface area contributed by atoms with Crippen molar-refractivity contribution in [2.75, 3.05) is 38.1 Å². The van der Waals surface area contributed by atoms with Crippen LogP contribution in [0, 0.1) is 18.8 Å². The topological polar surface area (TPSA) is 117 Å². The van der Waals surface area contributed by atoms with Gasteiger partial charge in [0.25, 0.3) is 15.6 Å². The number of hydrogen-bond acceptors (Lipinski definition) is 7. The minimum absolute atomic E-state index is 0.0826. The summed E-state index contributed by atoms with van der Waals surface area (Å²) in [7, 11) is -0.0670. The van der Waals surface area contributed by atoms with E-state index in [1.165, 1.54) is 38.3 Å². The summed E-state index contributed by atoms with van der Waals surface area (Å²) in [5.74, 6) is 2.17. The Morgan fingerprint density at radius 2 is 1.75 bits per heavy atom. The quantitative estimate of drug-likeness (QED) is 0.405. The summed E-state index contributed by atoms with van der Waals surface area (Å²) in [4.78, 5) is 32.4. The third kappa shape index (κ3) is 6.67. The minimum Gasteiger partial charge on any atom is -0.342 e. The van der Waals surface area contributed by atoms with E-state index in [0.717, 1.165) is 50.2 Å². The zero-order valence-electron chi connectivity index (χ0n) is 24.9. The van der Waals surface area contributed by atoms with Gasteiger partial charge >= 0.3 is 0 Å². The first-order valence-corrected chi connectivity index (χ1v) is 16.5. The predicted octanol–water partition coefficient (Wildman–Crippen LogP) is 4.08. The first kappa shape index (κ1) is 30.4. The highest BCUT2D eigenvalue weighted by Gasteiger charge is 2.33. The molecule has 0 unspecified atom stereocenters. The van der Waals surface area contributed by atoms with E-state index in [0.29, 0.717) is 48.7 Å². The number of aromatic amines is 1. The van der Waals surface area contributed by atoms with Crippen LogP contribution in [-0.4, -0.2) is 71.2 Å². The summed E-state index contributed by atoms with van der Waals surface area (Å²) in [6.07, 6.45) is 11.5. The fraction of sp³-hybridized carbons (Fsp3) is 0.724. The average molecular weight is 574 g/mol. The van der Waals surface area contributed by atoms with Crippen molar-refractivity contribution in [3.63, 3.8) is 0 Å². The Bertz CT molecular complexity index is 1330. The van der Waals surface area contributed by atoms with Crippen LogP contribution in [0.1, 0.15) is 88.7 Å². The van der Waals surface area contributed by atoms with E-state index in [9.17, 15) is 13.2 Å². The van der Waals surface area contributed by atoms with Gasteiger partial charge in [-0.25, -0.2) is 18.4 Å². The predicted molar refractivity (Wildman–Crippen MR) is 160 cm³/mol. The minimum atomic E-state index is -3.59. The Morgan fingerprint density at radius 1 is 1.10 bits per heavy atom. The van der Waals surface area contributed by atoms with Crippen molar-refractivity contribution >= 4 is 21.7 Å². The van der Waals surface area contributed by atoms with Gasteiger partial charge in [-0.3, -0.25) is 14.8 Å². The molecule has 1 N–H and O–H groups in total. The van der Waals surface area contributed by atoms with E-state index in [2.05, 4.69) is 26.8 Å². The number of hydrogen-bond donors (Lipinski definition) is 1. The van der Waals surface area contributed by atoms with E-state index in [1.54, 1.807) is 29.9 Å². The molecule has 11 heteroatoms. The zero-order chi connectivity index (χ0) is 28.9. The summed E-state index contributed by atoms with van der Waals surface area (Å²) in [5.41, 5.74) is 2.22. The van der Waals surface area contributed by atoms with Crippen LogP contribution in [-0.2, 0) is 23.5 Å². The second-order valence-electron chi connectivity index (χ2n) is 11.4. The number of aryl methyl sites for hydroxylation is 1. The summed E-state index contributed by atoms with van der Waals surface area (Å²) in [6, 6.07) is 0. The lowest BCUT2D eigenvalue weighted by Crippen LogP contribution is -2.44. The molecule has 10 nitrogen and oxygen atoms in total. The average Bonchev–Trinajstić information content (AvgIpc) is 3.30. The maximum atomic E-state index is 13.3. The molecular formula is C29H47N7O3S. The van der Waals surface area contributed by atoms with Crippen molar-refractivity contribution in [1.82, 2.24) is 23.8 Å². The number of nitrogens with one attached hydrogen (secondary N) is 1. The van der Waals surface area contributed by atoms with Gasteiger partial charge in [-0.1, -0.05) is 39.5 Å². The lowest BCUT2D eigenvalue weighted by Gasteiger charge is -2.36. The highest BCUT2D eigenvalue weighted by atomic mass is 32.2. The number of piperidine rings is 1. The van der Waals surface area contributed by atoms with E-state index in [1.807, 2.05) is 6.92 Å². The molecule has 40 heavy (non-hydrogen) atoms. The number of aromatic nitrogens is 4. The van der Waals surface area contributed by atoms with Crippen molar-refractivity contribution in [2.24, 2.45) is 23.9 Å². The lowest BCUT2D eigenvalue weighted by atomic mass is 9.88. The Hall–Kier alpha value is -2.53. The number of nitrogens with zero attached hydrogens (tertiary/aromatic N) is 6. The molecule has 0 amide bonds. The summed E-state index contributed by atoms with van der Waals surface area (Å²) in [6.45, 7) is 8.46. The van der Waals surface area contributed by atoms with Crippen LogP contribution in [0.5, 0.6) is 0 Å². The van der Waals surface area contributed by atoms with Gasteiger partial charge in [0, 0.05) is 45.8 Å². The van der Waals surface area contributed by atoms with Gasteiger partial charge in [0.05, 0.1) is 17.6 Å². The van der Waals surface area contributed by atoms with Gasteiger partial charge in [0.2, 0.25) is 5.95 Å². The van der Waals surface area contributed by atoms with E-state index in [4.69, 9.17) is 4.98 Å². The molecule has 0 atom stereocenters. The van der Waals surface area contributed by atoms with Gasteiger partial charge in [0.1, 0.15) is 5.82 Å². The molecule has 2 aromatic heterocycles. The largest absolute Gasteiger partial charge is 0.342 e. The molecule has 2 aliphatic rings. The van der Waals surface area contributed by atoms with Crippen molar-refractivity contribution in [3.8, 4) is 0 Å². The second-order valence-corrected chi connectivity index (χ2v) is 13.3. The maximum absolute atomic E-state index is 13.3. The standard InChI is InChI=1S/C29H47N7O3S/c1-6-11-25(30-4)27-24(7-2)28(37)33-29(32-27)35(19-22-12-9-8-10-13-22)20-23-14-16-36(17-15-23)40(38,39)26-18-31-21(3)34(26)5/h18,22-23H,6-17,19-20H2,1-5H3,(H,32,33,37). The molecule has 2 aromatic rings. The van der Waals surface area contributed by atoms with Crippen LogP contribution in [0.25, 0.3) is 0 Å². The third-order valence-corrected chi connectivity index (χ3v) is 10.7. The van der Waals surface area contributed by atoms with Crippen LogP contribution in [0.2, 0.25) is 0 Å².